The molecule has 1 aliphatic carbocycles. The lowest BCUT2D eigenvalue weighted by Crippen LogP contribution is -2.51. The maximum absolute atomic E-state index is 12.3. The van der Waals surface area contributed by atoms with Gasteiger partial charge >= 0.3 is 0 Å². The van der Waals surface area contributed by atoms with Crippen LogP contribution in [-0.4, -0.2) is 60.0 Å². The van der Waals surface area contributed by atoms with Crippen LogP contribution in [0.3, 0.4) is 0 Å². The van der Waals surface area contributed by atoms with Crippen molar-refractivity contribution in [2.24, 2.45) is 5.92 Å². The van der Waals surface area contributed by atoms with E-state index in [1.807, 2.05) is 0 Å². The predicted octanol–water partition coefficient (Wildman–Crippen LogP) is 1.85. The van der Waals surface area contributed by atoms with Gasteiger partial charge in [0.25, 0.3) is 0 Å². The normalized spacial score (nSPS) is 29.8. The summed E-state index contributed by atoms with van der Waals surface area (Å²) in [5.74, 6) is 0.560. The highest BCUT2D eigenvalue weighted by Crippen LogP contribution is 2.26. The van der Waals surface area contributed by atoms with Crippen LogP contribution < -0.4 is 5.32 Å². The number of carbonyl (C=O) groups excluding carboxylic acids is 1. The van der Waals surface area contributed by atoms with Gasteiger partial charge in [0.15, 0.2) is 0 Å². The molecule has 3 aliphatic rings. The number of amides is 1. The first-order valence-corrected chi connectivity index (χ1v) is 8.92. The number of hydrogen-bond donors (Lipinski definition) is 1. The van der Waals surface area contributed by atoms with Gasteiger partial charge in [0.1, 0.15) is 0 Å². The Morgan fingerprint density at radius 2 is 1.76 bits per heavy atom. The van der Waals surface area contributed by atoms with Gasteiger partial charge in [-0.1, -0.05) is 0 Å². The van der Waals surface area contributed by atoms with Crippen molar-refractivity contribution in [2.75, 3.05) is 26.2 Å². The number of nitrogens with one attached hydrogen (secondary N) is 1. The summed E-state index contributed by atoms with van der Waals surface area (Å²) >= 11 is 0. The predicted molar refractivity (Wildman–Crippen MR) is 85.2 cm³/mol. The van der Waals surface area contributed by atoms with Gasteiger partial charge in [-0.3, -0.25) is 9.69 Å². The topological polar surface area (TPSA) is 35.6 Å². The second-order valence-electron chi connectivity index (χ2n) is 7.48. The summed E-state index contributed by atoms with van der Waals surface area (Å²) in [7, 11) is 0. The molecule has 1 atom stereocenters. The Bertz CT molecular complexity index is 359. The van der Waals surface area contributed by atoms with Crippen LogP contribution in [0.2, 0.25) is 0 Å². The second-order valence-corrected chi connectivity index (χ2v) is 7.48. The van der Waals surface area contributed by atoms with E-state index >= 15 is 0 Å². The summed E-state index contributed by atoms with van der Waals surface area (Å²) < 4.78 is 0. The molecule has 1 amide bonds. The fourth-order valence-electron chi connectivity index (χ4n) is 3.87. The molecule has 0 radical (unpaired) electrons. The Balaban J connectivity index is 1.48. The maximum atomic E-state index is 12.3. The average Bonchev–Trinajstić information content (AvgIpc) is 3.31. The maximum Gasteiger partial charge on any atom is 0.224 e. The van der Waals surface area contributed by atoms with E-state index < -0.39 is 0 Å². The van der Waals surface area contributed by atoms with Crippen LogP contribution >= 0.6 is 0 Å². The summed E-state index contributed by atoms with van der Waals surface area (Å²) in [6.45, 7) is 9.21. The van der Waals surface area contributed by atoms with Gasteiger partial charge in [0, 0.05) is 24.7 Å². The van der Waals surface area contributed by atoms with Crippen molar-refractivity contribution in [3.8, 4) is 0 Å². The molecule has 0 unspecified atom stereocenters. The Labute approximate surface area is 129 Å². The molecule has 120 valence electrons. The lowest BCUT2D eigenvalue weighted by atomic mass is 9.93. The molecule has 0 aromatic rings. The minimum atomic E-state index is 0.238. The summed E-state index contributed by atoms with van der Waals surface area (Å²) in [4.78, 5) is 17.5. The van der Waals surface area contributed by atoms with Crippen molar-refractivity contribution >= 4 is 5.91 Å². The standard InChI is InChI=1S/C17H31N3O/c1-13(2)19-10-7-16(8-11-19)20-9-3-4-14(12-20)17(21)18-15-5-6-15/h13-16H,3-12H2,1-2H3,(H,18,21)/t14-/m1/s1. The monoisotopic (exact) mass is 293 g/mol. The molecule has 2 saturated heterocycles. The largest absolute Gasteiger partial charge is 0.353 e. The fourth-order valence-corrected chi connectivity index (χ4v) is 3.87. The van der Waals surface area contributed by atoms with Crippen molar-refractivity contribution in [2.45, 2.75) is 70.5 Å². The Morgan fingerprint density at radius 3 is 2.38 bits per heavy atom. The average molecular weight is 293 g/mol. The molecule has 4 heteroatoms. The van der Waals surface area contributed by atoms with Crippen LogP contribution in [0, 0.1) is 5.92 Å². The first-order valence-electron chi connectivity index (χ1n) is 8.92. The van der Waals surface area contributed by atoms with Crippen molar-refractivity contribution in [3.63, 3.8) is 0 Å². The zero-order valence-corrected chi connectivity index (χ0v) is 13.7. The molecule has 1 saturated carbocycles. The quantitative estimate of drug-likeness (QED) is 0.859. The lowest BCUT2D eigenvalue weighted by Gasteiger charge is -2.43. The van der Waals surface area contributed by atoms with E-state index in [2.05, 4.69) is 29.0 Å². The number of nitrogens with zero attached hydrogens (tertiary/aromatic N) is 2. The molecule has 0 aromatic heterocycles. The third-order valence-electron chi connectivity index (χ3n) is 5.49. The van der Waals surface area contributed by atoms with E-state index in [0.717, 1.165) is 13.0 Å². The number of rotatable bonds is 4. The molecule has 4 nitrogen and oxygen atoms in total. The van der Waals surface area contributed by atoms with Gasteiger partial charge in [0.2, 0.25) is 5.91 Å². The Morgan fingerprint density at radius 1 is 1.05 bits per heavy atom. The number of likely N-dealkylation sites (tertiary alicyclic amines) is 2. The van der Waals surface area contributed by atoms with Crippen LogP contribution in [0.15, 0.2) is 0 Å². The van der Waals surface area contributed by atoms with Crippen molar-refractivity contribution in [3.05, 3.63) is 0 Å². The highest BCUT2D eigenvalue weighted by Gasteiger charge is 2.33. The highest BCUT2D eigenvalue weighted by molar-refractivity contribution is 5.79. The van der Waals surface area contributed by atoms with Gasteiger partial charge < -0.3 is 10.2 Å². The van der Waals surface area contributed by atoms with Crippen LogP contribution in [0.25, 0.3) is 0 Å². The number of carbonyl (C=O) groups is 1. The van der Waals surface area contributed by atoms with E-state index in [-0.39, 0.29) is 5.92 Å². The van der Waals surface area contributed by atoms with E-state index in [1.165, 1.54) is 51.7 Å². The summed E-state index contributed by atoms with van der Waals surface area (Å²) in [6, 6.07) is 1.88. The van der Waals surface area contributed by atoms with E-state index in [9.17, 15) is 4.79 Å². The first kappa shape index (κ1) is 15.3. The molecular formula is C17H31N3O. The zero-order valence-electron chi connectivity index (χ0n) is 13.7. The molecule has 3 rings (SSSR count). The molecule has 2 heterocycles. The van der Waals surface area contributed by atoms with Crippen molar-refractivity contribution in [1.82, 2.24) is 15.1 Å². The fraction of sp³-hybridized carbons (Fsp3) is 0.941. The molecule has 2 aliphatic heterocycles. The van der Waals surface area contributed by atoms with E-state index in [0.29, 0.717) is 24.0 Å². The molecule has 0 bridgehead atoms. The third-order valence-corrected chi connectivity index (χ3v) is 5.49. The smallest absolute Gasteiger partial charge is 0.224 e. The summed E-state index contributed by atoms with van der Waals surface area (Å²) in [6.07, 6.45) is 7.20. The van der Waals surface area contributed by atoms with Crippen molar-refractivity contribution < 1.29 is 4.79 Å². The second kappa shape index (κ2) is 6.66. The minimum absolute atomic E-state index is 0.238. The number of piperidine rings is 2. The van der Waals surface area contributed by atoms with Gasteiger partial charge in [-0.2, -0.15) is 0 Å². The molecular weight excluding hydrogens is 262 g/mol. The molecule has 1 N–H and O–H groups in total. The Hall–Kier alpha value is -0.610. The summed E-state index contributed by atoms with van der Waals surface area (Å²) in [5.41, 5.74) is 0. The van der Waals surface area contributed by atoms with E-state index in [1.54, 1.807) is 0 Å². The molecule has 0 aromatic carbocycles. The van der Waals surface area contributed by atoms with Crippen LogP contribution in [-0.2, 0) is 4.79 Å². The van der Waals surface area contributed by atoms with Crippen molar-refractivity contribution in [1.29, 1.82) is 0 Å². The van der Waals surface area contributed by atoms with Crippen LogP contribution in [0.5, 0.6) is 0 Å². The SMILES string of the molecule is CC(C)N1CCC(N2CCC[C@@H](C(=O)NC3CC3)C2)CC1. The van der Waals surface area contributed by atoms with Gasteiger partial charge in [-0.25, -0.2) is 0 Å². The van der Waals surface area contributed by atoms with Crippen LogP contribution in [0.1, 0.15) is 52.4 Å². The Kier molecular flexibility index (Phi) is 4.85. The van der Waals surface area contributed by atoms with Gasteiger partial charge in [-0.05, 0) is 72.0 Å². The third kappa shape index (κ3) is 3.98. The molecule has 3 fully saturated rings. The van der Waals surface area contributed by atoms with Crippen LogP contribution in [0.4, 0.5) is 0 Å². The molecule has 0 spiro atoms. The highest BCUT2D eigenvalue weighted by atomic mass is 16.2. The summed E-state index contributed by atoms with van der Waals surface area (Å²) in [5, 5.41) is 3.20. The van der Waals surface area contributed by atoms with Gasteiger partial charge in [-0.15, -0.1) is 0 Å². The lowest BCUT2D eigenvalue weighted by molar-refractivity contribution is -0.127. The number of hydrogen-bond acceptors (Lipinski definition) is 3. The van der Waals surface area contributed by atoms with Gasteiger partial charge in [0.05, 0.1) is 5.92 Å². The first-order chi connectivity index (χ1) is 10.1. The van der Waals surface area contributed by atoms with E-state index in [4.69, 9.17) is 0 Å². The zero-order chi connectivity index (χ0) is 14.8. The minimum Gasteiger partial charge on any atom is -0.353 e. The molecule has 21 heavy (non-hydrogen) atoms.